The lowest BCUT2D eigenvalue weighted by atomic mass is 10.0. The van der Waals surface area contributed by atoms with Crippen LogP contribution in [-0.2, 0) is 14.3 Å². The topological polar surface area (TPSA) is 95.9 Å². The minimum atomic E-state index is -0.805. The Hall–Kier alpha value is -2.96. The molecule has 59 heavy (non-hydrogen) atoms. The van der Waals surface area contributed by atoms with Crippen molar-refractivity contribution < 1.29 is 24.5 Å². The van der Waals surface area contributed by atoms with Gasteiger partial charge in [0.25, 0.3) is 0 Å². The van der Waals surface area contributed by atoms with Crippen LogP contribution in [0.1, 0.15) is 213 Å². The third-order valence-electron chi connectivity index (χ3n) is 10.6. The normalized spacial score (nSPS) is 14.1. The number of aliphatic hydroxyl groups is 2. The van der Waals surface area contributed by atoms with Crippen LogP contribution in [0.25, 0.3) is 0 Å². The minimum Gasteiger partial charge on any atom is -0.462 e. The van der Waals surface area contributed by atoms with Crippen molar-refractivity contribution in [1.82, 2.24) is 5.32 Å². The summed E-state index contributed by atoms with van der Waals surface area (Å²) in [4.78, 5) is 26.0. The molecule has 3 N–H and O–H groups in total. The van der Waals surface area contributed by atoms with Crippen molar-refractivity contribution in [2.45, 2.75) is 232 Å². The molecule has 3 atom stereocenters. The van der Waals surface area contributed by atoms with Gasteiger partial charge in [0.05, 0.1) is 25.2 Å². The van der Waals surface area contributed by atoms with Crippen LogP contribution in [0.4, 0.5) is 0 Å². The molecule has 6 heteroatoms. The van der Waals surface area contributed by atoms with Crippen LogP contribution in [0.15, 0.2) is 85.1 Å². The van der Waals surface area contributed by atoms with Crippen molar-refractivity contribution in [2.75, 3.05) is 6.61 Å². The van der Waals surface area contributed by atoms with E-state index >= 15 is 0 Å². The summed E-state index contributed by atoms with van der Waals surface area (Å²) in [7, 11) is 0. The van der Waals surface area contributed by atoms with E-state index in [-0.39, 0.29) is 24.9 Å². The Balaban J connectivity index is 4.68. The fourth-order valence-electron chi connectivity index (χ4n) is 6.87. The van der Waals surface area contributed by atoms with Crippen LogP contribution in [0.2, 0.25) is 0 Å². The lowest BCUT2D eigenvalue weighted by molar-refractivity contribution is -0.151. The lowest BCUT2D eigenvalue weighted by Gasteiger charge is -2.24. The summed E-state index contributed by atoms with van der Waals surface area (Å²) in [6, 6.07) is -0.722. The highest BCUT2D eigenvalue weighted by molar-refractivity contribution is 5.77. The molecule has 6 nitrogen and oxygen atoms in total. The molecule has 0 spiro atoms. The van der Waals surface area contributed by atoms with E-state index in [2.05, 4.69) is 111 Å². The number of nitrogens with one attached hydrogen (secondary N) is 1. The van der Waals surface area contributed by atoms with Crippen LogP contribution in [0.3, 0.4) is 0 Å². The molecule has 0 aliphatic carbocycles. The standard InChI is InChI=1S/C53H91NO5/c1-4-7-10-13-16-19-22-24-25-26-27-28-29-31-34-37-40-43-46-53(58)59-49(44-41-38-35-32-30-23-20-17-14-11-8-5-2)47-52(57)54-50(48-55)51(56)45-42-39-36-33-21-18-15-12-9-6-3/h8,11,16-17,19-20,22,24-28,30,32,49-51,55-56H,4-7,9-10,12-15,18,21,23,29,31,33-48H2,1-3H3,(H,54,57)/b11-8+,19-16+,20-17+,24-22+,26-25+,28-27+,32-30+. The van der Waals surface area contributed by atoms with E-state index in [4.69, 9.17) is 4.74 Å². The number of hydrogen-bond acceptors (Lipinski definition) is 5. The van der Waals surface area contributed by atoms with E-state index in [1.54, 1.807) is 0 Å². The average molecular weight is 822 g/mol. The molecule has 1 amide bonds. The molecule has 0 aliphatic rings. The molecule has 0 rings (SSSR count). The molecule has 338 valence electrons. The van der Waals surface area contributed by atoms with Gasteiger partial charge >= 0.3 is 5.97 Å². The number of allylic oxidation sites excluding steroid dienone is 14. The number of amides is 1. The fraction of sp³-hybridized carbons (Fsp3) is 0.698. The quantitative estimate of drug-likeness (QED) is 0.0247. The molecular weight excluding hydrogens is 731 g/mol. The molecule has 0 radical (unpaired) electrons. The van der Waals surface area contributed by atoms with E-state index in [1.165, 1.54) is 64.2 Å². The SMILES string of the molecule is CC/C=C/C/C=C/C/C=C/CCCCC(CC(=O)NC(CO)C(O)CCCCCCCCCCCC)OC(=O)CCCCCCC/C=C/C=C/C=C/C=C/CCCCC. The van der Waals surface area contributed by atoms with Crippen molar-refractivity contribution in [3.8, 4) is 0 Å². The van der Waals surface area contributed by atoms with E-state index in [9.17, 15) is 19.8 Å². The molecule has 0 aromatic carbocycles. The van der Waals surface area contributed by atoms with Gasteiger partial charge in [0, 0.05) is 6.42 Å². The molecular formula is C53H91NO5. The Morgan fingerprint density at radius 3 is 1.59 bits per heavy atom. The van der Waals surface area contributed by atoms with Gasteiger partial charge in [0.1, 0.15) is 6.10 Å². The number of aliphatic hydroxyl groups excluding tert-OH is 2. The Morgan fingerprint density at radius 1 is 0.525 bits per heavy atom. The number of carbonyl (C=O) groups excluding carboxylic acids is 2. The largest absolute Gasteiger partial charge is 0.462 e. The minimum absolute atomic E-state index is 0.0372. The van der Waals surface area contributed by atoms with Crippen LogP contribution >= 0.6 is 0 Å². The summed E-state index contributed by atoms with van der Waals surface area (Å²) in [6.45, 7) is 6.28. The smallest absolute Gasteiger partial charge is 0.306 e. The zero-order valence-electron chi connectivity index (χ0n) is 38.4. The summed E-state index contributed by atoms with van der Waals surface area (Å²) in [5, 5.41) is 23.6. The Morgan fingerprint density at radius 2 is 0.983 bits per heavy atom. The maximum atomic E-state index is 13.1. The predicted octanol–water partition coefficient (Wildman–Crippen LogP) is 14.4. The zero-order chi connectivity index (χ0) is 43.1. The molecule has 0 aromatic rings. The van der Waals surface area contributed by atoms with Crippen molar-refractivity contribution >= 4 is 11.9 Å². The van der Waals surface area contributed by atoms with Gasteiger partial charge in [-0.3, -0.25) is 9.59 Å². The van der Waals surface area contributed by atoms with Crippen LogP contribution in [0, 0.1) is 0 Å². The summed E-state index contributed by atoms with van der Waals surface area (Å²) in [5.41, 5.74) is 0. The average Bonchev–Trinajstić information content (AvgIpc) is 3.23. The highest BCUT2D eigenvalue weighted by Crippen LogP contribution is 2.16. The number of rotatable bonds is 42. The van der Waals surface area contributed by atoms with Crippen LogP contribution in [0.5, 0.6) is 0 Å². The van der Waals surface area contributed by atoms with Crippen molar-refractivity contribution in [1.29, 1.82) is 0 Å². The number of hydrogen-bond donors (Lipinski definition) is 3. The van der Waals surface area contributed by atoms with Crippen molar-refractivity contribution in [2.24, 2.45) is 0 Å². The van der Waals surface area contributed by atoms with Crippen molar-refractivity contribution in [3.63, 3.8) is 0 Å². The molecule has 0 saturated carbocycles. The van der Waals surface area contributed by atoms with E-state index < -0.39 is 18.2 Å². The lowest BCUT2D eigenvalue weighted by Crippen LogP contribution is -2.46. The summed E-state index contributed by atoms with van der Waals surface area (Å²) < 4.78 is 5.89. The first kappa shape index (κ1) is 56.0. The molecule has 0 aliphatic heterocycles. The van der Waals surface area contributed by atoms with Crippen LogP contribution < -0.4 is 5.32 Å². The van der Waals surface area contributed by atoms with Gasteiger partial charge in [0.2, 0.25) is 5.91 Å². The summed E-state index contributed by atoms with van der Waals surface area (Å²) in [6.07, 6.45) is 59.2. The Kier molecular flexibility index (Phi) is 43.8. The van der Waals surface area contributed by atoms with Gasteiger partial charge < -0.3 is 20.3 Å². The predicted molar refractivity (Wildman–Crippen MR) is 254 cm³/mol. The number of ether oxygens (including phenoxy) is 1. The maximum Gasteiger partial charge on any atom is 0.306 e. The first-order valence-corrected chi connectivity index (χ1v) is 24.4. The molecule has 0 heterocycles. The Bertz CT molecular complexity index is 1150. The third kappa shape index (κ3) is 41.6. The first-order chi connectivity index (χ1) is 29.0. The fourth-order valence-corrected chi connectivity index (χ4v) is 6.87. The van der Waals surface area contributed by atoms with E-state index in [0.717, 1.165) is 103 Å². The number of unbranched alkanes of at least 4 members (excludes halogenated alkanes) is 19. The second-order valence-electron chi connectivity index (χ2n) is 16.2. The zero-order valence-corrected chi connectivity index (χ0v) is 38.4. The van der Waals surface area contributed by atoms with Gasteiger partial charge in [0.15, 0.2) is 0 Å². The molecule has 0 fully saturated rings. The Labute approximate surface area is 363 Å². The monoisotopic (exact) mass is 822 g/mol. The van der Waals surface area contributed by atoms with Gasteiger partial charge in [-0.15, -0.1) is 0 Å². The highest BCUT2D eigenvalue weighted by Gasteiger charge is 2.24. The summed E-state index contributed by atoms with van der Waals surface area (Å²) in [5.74, 6) is -0.547. The second kappa shape index (κ2) is 46.1. The van der Waals surface area contributed by atoms with E-state index in [0.29, 0.717) is 19.3 Å². The molecule has 0 saturated heterocycles. The van der Waals surface area contributed by atoms with Crippen LogP contribution in [-0.4, -0.2) is 46.9 Å². The summed E-state index contributed by atoms with van der Waals surface area (Å²) >= 11 is 0. The number of esters is 1. The van der Waals surface area contributed by atoms with E-state index in [1.807, 2.05) is 0 Å². The third-order valence-corrected chi connectivity index (χ3v) is 10.6. The van der Waals surface area contributed by atoms with Crippen molar-refractivity contribution in [3.05, 3.63) is 85.1 Å². The highest BCUT2D eigenvalue weighted by atomic mass is 16.5. The molecule has 0 aromatic heterocycles. The van der Waals surface area contributed by atoms with Gasteiger partial charge in [-0.25, -0.2) is 0 Å². The molecule has 0 bridgehead atoms. The van der Waals surface area contributed by atoms with Gasteiger partial charge in [-0.1, -0.05) is 202 Å². The molecule has 3 unspecified atom stereocenters. The second-order valence-corrected chi connectivity index (χ2v) is 16.2. The van der Waals surface area contributed by atoms with Gasteiger partial charge in [-0.05, 0) is 83.5 Å². The maximum absolute atomic E-state index is 13.1. The first-order valence-electron chi connectivity index (χ1n) is 24.4. The number of carbonyl (C=O) groups is 2. The van der Waals surface area contributed by atoms with Gasteiger partial charge in [-0.2, -0.15) is 0 Å².